The molecule has 1 amide bonds. The number of carboxylic acid groups (broad SMARTS) is 1. The number of rotatable bonds is 5. The van der Waals surface area contributed by atoms with Crippen LogP contribution in [-0.2, 0) is 4.79 Å². The molecule has 20 heavy (non-hydrogen) atoms. The number of benzene rings is 1. The lowest BCUT2D eigenvalue weighted by Crippen LogP contribution is -2.40. The molecule has 8 heteroatoms. The summed E-state index contributed by atoms with van der Waals surface area (Å²) in [5.74, 6) is -2.36. The maximum Gasteiger partial charge on any atom is 0.387 e. The van der Waals surface area contributed by atoms with Gasteiger partial charge < -0.3 is 14.7 Å². The largest absolute Gasteiger partial charge is 0.480 e. The molecule has 5 nitrogen and oxygen atoms in total. The molecule has 1 atom stereocenters. The van der Waals surface area contributed by atoms with E-state index >= 15 is 0 Å². The highest BCUT2D eigenvalue weighted by molar-refractivity contribution is 6.31. The van der Waals surface area contributed by atoms with Crippen molar-refractivity contribution < 1.29 is 28.2 Å². The fourth-order valence-electron chi connectivity index (χ4n) is 1.40. The Morgan fingerprint density at radius 3 is 2.50 bits per heavy atom. The van der Waals surface area contributed by atoms with E-state index in [1.807, 2.05) is 0 Å². The van der Waals surface area contributed by atoms with Gasteiger partial charge in [0.2, 0.25) is 0 Å². The topological polar surface area (TPSA) is 66.8 Å². The molecule has 110 valence electrons. The van der Waals surface area contributed by atoms with Crippen LogP contribution in [0, 0.1) is 0 Å². The summed E-state index contributed by atoms with van der Waals surface area (Å²) < 4.78 is 28.8. The first-order valence-electron chi connectivity index (χ1n) is 5.48. The number of alkyl halides is 2. The molecular formula is C12H12ClF2NO4. The molecule has 1 N–H and O–H groups in total. The van der Waals surface area contributed by atoms with Crippen molar-refractivity contribution in [1.29, 1.82) is 0 Å². The van der Waals surface area contributed by atoms with Crippen LogP contribution < -0.4 is 4.74 Å². The predicted molar refractivity (Wildman–Crippen MR) is 67.3 cm³/mol. The highest BCUT2D eigenvalue weighted by Crippen LogP contribution is 2.26. The minimum absolute atomic E-state index is 0.145. The average Bonchev–Trinajstić information content (AvgIpc) is 2.37. The van der Waals surface area contributed by atoms with E-state index in [0.717, 1.165) is 17.0 Å². The normalized spacial score (nSPS) is 12.1. The van der Waals surface area contributed by atoms with Crippen LogP contribution in [0.5, 0.6) is 5.75 Å². The third-order valence-corrected chi connectivity index (χ3v) is 2.88. The summed E-state index contributed by atoms with van der Waals surface area (Å²) >= 11 is 5.71. The number of likely N-dealkylation sites (N-methyl/N-ethyl adjacent to an activating group) is 1. The third-order valence-electron chi connectivity index (χ3n) is 2.65. The van der Waals surface area contributed by atoms with Crippen LogP contribution in [-0.4, -0.2) is 41.6 Å². The van der Waals surface area contributed by atoms with E-state index in [1.54, 1.807) is 0 Å². The summed E-state index contributed by atoms with van der Waals surface area (Å²) in [6.07, 6.45) is 0. The lowest BCUT2D eigenvalue weighted by atomic mass is 10.1. The highest BCUT2D eigenvalue weighted by Gasteiger charge is 2.26. The molecule has 0 bridgehead atoms. The number of halogens is 3. The van der Waals surface area contributed by atoms with Gasteiger partial charge in [0, 0.05) is 12.1 Å². The molecule has 1 aromatic rings. The maximum atomic E-state index is 12.3. The van der Waals surface area contributed by atoms with Crippen LogP contribution in [0.15, 0.2) is 18.2 Å². The number of amides is 1. The van der Waals surface area contributed by atoms with Gasteiger partial charge in [-0.05, 0) is 25.1 Å². The van der Waals surface area contributed by atoms with Gasteiger partial charge in [0.15, 0.2) is 0 Å². The zero-order chi connectivity index (χ0) is 15.4. The van der Waals surface area contributed by atoms with E-state index in [-0.39, 0.29) is 16.3 Å². The summed E-state index contributed by atoms with van der Waals surface area (Å²) in [5, 5.41) is 8.99. The Morgan fingerprint density at radius 2 is 2.00 bits per heavy atom. The molecule has 0 spiro atoms. The van der Waals surface area contributed by atoms with E-state index in [4.69, 9.17) is 16.7 Å². The van der Waals surface area contributed by atoms with Crippen LogP contribution >= 0.6 is 11.6 Å². The molecule has 1 unspecified atom stereocenters. The first-order chi connectivity index (χ1) is 9.23. The van der Waals surface area contributed by atoms with E-state index in [2.05, 4.69) is 4.74 Å². The van der Waals surface area contributed by atoms with Gasteiger partial charge in [-0.2, -0.15) is 8.78 Å². The quantitative estimate of drug-likeness (QED) is 0.907. The van der Waals surface area contributed by atoms with Crippen molar-refractivity contribution in [1.82, 2.24) is 4.90 Å². The molecule has 1 aromatic carbocycles. The standard InChI is InChI=1S/C12H12ClF2NO4/c1-6(11(18)19)16(2)10(17)8-5-7(13)3-4-9(8)20-12(14)15/h3-6,12H,1-2H3,(H,18,19). The van der Waals surface area contributed by atoms with Gasteiger partial charge in [-0.15, -0.1) is 0 Å². The summed E-state index contributed by atoms with van der Waals surface area (Å²) in [4.78, 5) is 23.9. The highest BCUT2D eigenvalue weighted by atomic mass is 35.5. The number of hydrogen-bond acceptors (Lipinski definition) is 3. The fourth-order valence-corrected chi connectivity index (χ4v) is 1.57. The summed E-state index contributed by atoms with van der Waals surface area (Å²) in [6.45, 7) is -1.82. The van der Waals surface area contributed by atoms with Gasteiger partial charge in [-0.25, -0.2) is 4.79 Å². The molecule has 1 rings (SSSR count). The second-order valence-corrected chi connectivity index (χ2v) is 4.39. The number of ether oxygens (including phenoxy) is 1. The van der Waals surface area contributed by atoms with Crippen LogP contribution in [0.25, 0.3) is 0 Å². The number of nitrogens with zero attached hydrogens (tertiary/aromatic N) is 1. The number of carbonyl (C=O) groups excluding carboxylic acids is 1. The predicted octanol–water partition coefficient (Wildman–Crippen LogP) is 2.49. The molecule has 0 aromatic heterocycles. The zero-order valence-corrected chi connectivity index (χ0v) is 11.4. The Bertz CT molecular complexity index is 524. The molecule has 0 heterocycles. The Morgan fingerprint density at radius 1 is 1.40 bits per heavy atom. The van der Waals surface area contributed by atoms with Crippen molar-refractivity contribution in [3.05, 3.63) is 28.8 Å². The van der Waals surface area contributed by atoms with Crippen molar-refractivity contribution in [2.75, 3.05) is 7.05 Å². The van der Waals surface area contributed by atoms with Gasteiger partial charge in [-0.1, -0.05) is 11.6 Å². The number of carboxylic acids is 1. The molecule has 0 aliphatic rings. The Hall–Kier alpha value is -1.89. The molecule has 0 saturated carbocycles. The van der Waals surface area contributed by atoms with Crippen molar-refractivity contribution >= 4 is 23.5 Å². The van der Waals surface area contributed by atoms with Crippen LogP contribution in [0.4, 0.5) is 8.78 Å². The smallest absolute Gasteiger partial charge is 0.387 e. The minimum atomic E-state index is -3.11. The van der Waals surface area contributed by atoms with E-state index < -0.39 is 24.5 Å². The number of aliphatic carboxylic acids is 1. The number of carbonyl (C=O) groups is 2. The van der Waals surface area contributed by atoms with Gasteiger partial charge in [0.1, 0.15) is 11.8 Å². The molecule has 0 aliphatic heterocycles. The lowest BCUT2D eigenvalue weighted by molar-refractivity contribution is -0.141. The molecule has 0 fully saturated rings. The Kier molecular flexibility index (Phi) is 5.26. The molecule has 0 saturated heterocycles. The van der Waals surface area contributed by atoms with Crippen LogP contribution in [0.1, 0.15) is 17.3 Å². The first-order valence-corrected chi connectivity index (χ1v) is 5.86. The molecule has 0 aliphatic carbocycles. The minimum Gasteiger partial charge on any atom is -0.480 e. The summed E-state index contributed by atoms with van der Waals surface area (Å²) in [6, 6.07) is 2.44. The van der Waals surface area contributed by atoms with E-state index in [9.17, 15) is 18.4 Å². The molecule has 0 radical (unpaired) electrons. The van der Waals surface area contributed by atoms with Crippen molar-refractivity contribution in [2.45, 2.75) is 19.6 Å². The maximum absolute atomic E-state index is 12.3. The van der Waals surface area contributed by atoms with Crippen molar-refractivity contribution in [3.8, 4) is 5.75 Å². The molecular weight excluding hydrogens is 296 g/mol. The SMILES string of the molecule is CC(C(=O)O)N(C)C(=O)c1cc(Cl)ccc1OC(F)F. The first kappa shape index (κ1) is 16.2. The third kappa shape index (κ3) is 3.80. The second-order valence-electron chi connectivity index (χ2n) is 3.95. The van der Waals surface area contributed by atoms with Crippen molar-refractivity contribution in [2.24, 2.45) is 0 Å². The van der Waals surface area contributed by atoms with Crippen molar-refractivity contribution in [3.63, 3.8) is 0 Å². The lowest BCUT2D eigenvalue weighted by Gasteiger charge is -2.22. The van der Waals surface area contributed by atoms with Gasteiger partial charge >= 0.3 is 12.6 Å². The summed E-state index contributed by atoms with van der Waals surface area (Å²) in [7, 11) is 1.24. The monoisotopic (exact) mass is 307 g/mol. The van der Waals surface area contributed by atoms with Gasteiger partial charge in [-0.3, -0.25) is 4.79 Å². The van der Waals surface area contributed by atoms with E-state index in [1.165, 1.54) is 20.0 Å². The Labute approximate surface area is 118 Å². The Balaban J connectivity index is 3.13. The van der Waals surface area contributed by atoms with Crippen LogP contribution in [0.2, 0.25) is 5.02 Å². The fraction of sp³-hybridized carbons (Fsp3) is 0.333. The average molecular weight is 308 g/mol. The number of hydrogen-bond donors (Lipinski definition) is 1. The zero-order valence-electron chi connectivity index (χ0n) is 10.6. The van der Waals surface area contributed by atoms with Crippen LogP contribution in [0.3, 0.4) is 0 Å². The summed E-state index contributed by atoms with van der Waals surface area (Å²) in [5.41, 5.74) is -0.228. The van der Waals surface area contributed by atoms with E-state index in [0.29, 0.717) is 0 Å². The van der Waals surface area contributed by atoms with Gasteiger partial charge in [0.25, 0.3) is 5.91 Å². The second kappa shape index (κ2) is 6.51. The van der Waals surface area contributed by atoms with Gasteiger partial charge in [0.05, 0.1) is 5.56 Å².